The van der Waals surface area contributed by atoms with Crippen LogP contribution in [0.15, 0.2) is 42.0 Å². The quantitative estimate of drug-likeness (QED) is 0.685. The lowest BCUT2D eigenvalue weighted by atomic mass is 9.95. The summed E-state index contributed by atoms with van der Waals surface area (Å²) in [6, 6.07) is 13.3. The molecule has 0 aromatic heterocycles. The van der Waals surface area contributed by atoms with Crippen molar-refractivity contribution in [1.29, 1.82) is 0 Å². The molecule has 0 bridgehead atoms. The average molecular weight is 236 g/mol. The van der Waals surface area contributed by atoms with Crippen LogP contribution in [0.4, 0.5) is 0 Å². The molecule has 2 aromatic carbocycles. The molecule has 0 heteroatoms. The summed E-state index contributed by atoms with van der Waals surface area (Å²) < 4.78 is 0. The van der Waals surface area contributed by atoms with Crippen LogP contribution in [-0.2, 0) is 6.42 Å². The predicted octanol–water partition coefficient (Wildman–Crippen LogP) is 5.22. The molecule has 0 saturated heterocycles. The van der Waals surface area contributed by atoms with E-state index in [9.17, 15) is 0 Å². The number of benzene rings is 2. The molecule has 0 nitrogen and oxygen atoms in total. The molecular weight excluding hydrogens is 216 g/mol. The second-order valence-corrected chi connectivity index (χ2v) is 5.45. The monoisotopic (exact) mass is 236 g/mol. The molecule has 3 rings (SSSR count). The van der Waals surface area contributed by atoms with Gasteiger partial charge >= 0.3 is 0 Å². The van der Waals surface area contributed by atoms with E-state index in [0.29, 0.717) is 0 Å². The Balaban J connectivity index is 2.06. The lowest BCUT2D eigenvalue weighted by Gasteiger charge is -2.10. The van der Waals surface area contributed by atoms with Crippen molar-refractivity contribution in [2.45, 2.75) is 33.1 Å². The summed E-state index contributed by atoms with van der Waals surface area (Å²) in [6.07, 6.45) is 6.17. The van der Waals surface area contributed by atoms with Crippen LogP contribution in [-0.4, -0.2) is 0 Å². The van der Waals surface area contributed by atoms with Gasteiger partial charge in [0.25, 0.3) is 0 Å². The molecule has 92 valence electrons. The Hall–Kier alpha value is -1.56. The molecule has 0 spiro atoms. The first-order valence-corrected chi connectivity index (χ1v) is 7.00. The van der Waals surface area contributed by atoms with Crippen LogP contribution in [0.5, 0.6) is 0 Å². The molecule has 0 N–H and O–H groups in total. The van der Waals surface area contributed by atoms with Crippen LogP contribution in [0.25, 0.3) is 16.8 Å². The minimum Gasteiger partial charge on any atom is -0.0654 e. The summed E-state index contributed by atoms with van der Waals surface area (Å²) >= 11 is 0. The molecule has 2 aromatic rings. The van der Waals surface area contributed by atoms with E-state index < -0.39 is 0 Å². The van der Waals surface area contributed by atoms with Crippen molar-refractivity contribution in [2.75, 3.05) is 0 Å². The van der Waals surface area contributed by atoms with Crippen molar-refractivity contribution in [1.82, 2.24) is 0 Å². The Bertz CT molecular complexity index is 604. The Labute approximate surface area is 109 Å². The minimum absolute atomic E-state index is 0.723. The van der Waals surface area contributed by atoms with E-state index in [-0.39, 0.29) is 0 Å². The second-order valence-electron chi connectivity index (χ2n) is 5.45. The summed E-state index contributed by atoms with van der Waals surface area (Å²) in [5, 5.41) is 2.77. The van der Waals surface area contributed by atoms with E-state index in [4.69, 9.17) is 0 Å². The number of hydrogen-bond acceptors (Lipinski definition) is 0. The predicted molar refractivity (Wildman–Crippen MR) is 79.7 cm³/mol. The first-order valence-electron chi connectivity index (χ1n) is 7.00. The summed E-state index contributed by atoms with van der Waals surface area (Å²) in [6.45, 7) is 4.64. The van der Waals surface area contributed by atoms with Crippen molar-refractivity contribution in [2.24, 2.45) is 5.92 Å². The molecule has 0 saturated carbocycles. The zero-order valence-electron chi connectivity index (χ0n) is 11.2. The number of fused-ring (bicyclic) bond motifs is 3. The molecule has 0 fully saturated rings. The van der Waals surface area contributed by atoms with Gasteiger partial charge < -0.3 is 0 Å². The van der Waals surface area contributed by atoms with E-state index in [2.05, 4.69) is 56.3 Å². The van der Waals surface area contributed by atoms with E-state index >= 15 is 0 Å². The van der Waals surface area contributed by atoms with Crippen LogP contribution < -0.4 is 0 Å². The molecule has 18 heavy (non-hydrogen) atoms. The van der Waals surface area contributed by atoms with Gasteiger partial charge in [-0.2, -0.15) is 0 Å². The Morgan fingerprint density at radius 2 is 1.94 bits per heavy atom. The first-order chi connectivity index (χ1) is 8.79. The molecule has 0 radical (unpaired) electrons. The fraction of sp³-hybridized carbons (Fsp3) is 0.333. The van der Waals surface area contributed by atoms with Gasteiger partial charge in [0.2, 0.25) is 0 Å². The van der Waals surface area contributed by atoms with E-state index in [0.717, 1.165) is 12.3 Å². The lowest BCUT2D eigenvalue weighted by molar-refractivity contribution is 0.596. The smallest absolute Gasteiger partial charge is 0.00549 e. The zero-order chi connectivity index (χ0) is 12.5. The summed E-state index contributed by atoms with van der Waals surface area (Å²) in [7, 11) is 0. The standard InChI is InChI=1S/C18H20/c1-3-6-13(2)16-11-15-10-9-14-7-4-5-8-17(14)18(15)12-16/h4-5,7-10,12-13H,3,6,11H2,1-2H3. The van der Waals surface area contributed by atoms with Gasteiger partial charge in [-0.15, -0.1) is 0 Å². The molecular formula is C18H20. The maximum absolute atomic E-state index is 2.44. The second kappa shape index (κ2) is 4.61. The van der Waals surface area contributed by atoms with Crippen LogP contribution in [0.3, 0.4) is 0 Å². The maximum Gasteiger partial charge on any atom is -0.00549 e. The van der Waals surface area contributed by atoms with Crippen LogP contribution in [0.2, 0.25) is 0 Å². The van der Waals surface area contributed by atoms with Crippen LogP contribution in [0.1, 0.15) is 37.8 Å². The fourth-order valence-electron chi connectivity index (χ4n) is 3.06. The average Bonchev–Trinajstić information content (AvgIpc) is 2.83. The van der Waals surface area contributed by atoms with Gasteiger partial charge in [-0.05, 0) is 40.7 Å². The highest BCUT2D eigenvalue weighted by Crippen LogP contribution is 2.35. The number of rotatable bonds is 3. The zero-order valence-corrected chi connectivity index (χ0v) is 11.2. The van der Waals surface area contributed by atoms with Gasteiger partial charge in [0, 0.05) is 0 Å². The highest BCUT2D eigenvalue weighted by molar-refractivity contribution is 5.93. The molecule has 1 unspecified atom stereocenters. The Kier molecular flexibility index (Phi) is 2.95. The topological polar surface area (TPSA) is 0 Å². The van der Waals surface area contributed by atoms with Crippen molar-refractivity contribution in [3.63, 3.8) is 0 Å². The molecule has 1 atom stereocenters. The summed E-state index contributed by atoms with van der Waals surface area (Å²) in [4.78, 5) is 0. The molecule has 0 aliphatic heterocycles. The third-order valence-corrected chi connectivity index (χ3v) is 4.14. The lowest BCUT2D eigenvalue weighted by Crippen LogP contribution is -1.98. The van der Waals surface area contributed by atoms with Gasteiger partial charge in [-0.1, -0.05) is 68.3 Å². The maximum atomic E-state index is 2.44. The molecule has 0 amide bonds. The van der Waals surface area contributed by atoms with Gasteiger partial charge in [-0.3, -0.25) is 0 Å². The molecule has 1 aliphatic rings. The van der Waals surface area contributed by atoms with Gasteiger partial charge in [-0.25, -0.2) is 0 Å². The third-order valence-electron chi connectivity index (χ3n) is 4.14. The normalized spacial score (nSPS) is 15.6. The highest BCUT2D eigenvalue weighted by Gasteiger charge is 2.18. The SMILES string of the molecule is CCCC(C)C1=Cc2c(ccc3ccccc23)C1. The fourth-order valence-corrected chi connectivity index (χ4v) is 3.06. The van der Waals surface area contributed by atoms with Crippen molar-refractivity contribution in [3.05, 3.63) is 53.1 Å². The van der Waals surface area contributed by atoms with Gasteiger partial charge in [0.1, 0.15) is 0 Å². The molecule has 0 heterocycles. The number of hydrogen-bond donors (Lipinski definition) is 0. The summed E-state index contributed by atoms with van der Waals surface area (Å²) in [5.41, 5.74) is 4.58. The van der Waals surface area contributed by atoms with E-state index in [1.54, 1.807) is 5.57 Å². The van der Waals surface area contributed by atoms with E-state index in [1.165, 1.54) is 34.7 Å². The van der Waals surface area contributed by atoms with Crippen LogP contribution in [0, 0.1) is 5.92 Å². The van der Waals surface area contributed by atoms with Crippen molar-refractivity contribution < 1.29 is 0 Å². The van der Waals surface area contributed by atoms with E-state index in [1.807, 2.05) is 0 Å². The largest absolute Gasteiger partial charge is 0.0654 e. The van der Waals surface area contributed by atoms with Crippen molar-refractivity contribution >= 4 is 16.8 Å². The minimum atomic E-state index is 0.723. The Morgan fingerprint density at radius 1 is 1.11 bits per heavy atom. The van der Waals surface area contributed by atoms with Gasteiger partial charge in [0.05, 0.1) is 0 Å². The molecule has 1 aliphatic carbocycles. The summed E-state index contributed by atoms with van der Waals surface area (Å²) in [5.74, 6) is 0.723. The first kappa shape index (κ1) is 11.5. The third kappa shape index (κ3) is 1.86. The van der Waals surface area contributed by atoms with Gasteiger partial charge in [0.15, 0.2) is 0 Å². The highest BCUT2D eigenvalue weighted by atomic mass is 14.2. The number of allylic oxidation sites excluding steroid dienone is 1. The Morgan fingerprint density at radius 3 is 2.78 bits per heavy atom. The van der Waals surface area contributed by atoms with Crippen LogP contribution >= 0.6 is 0 Å². The van der Waals surface area contributed by atoms with Crippen molar-refractivity contribution in [3.8, 4) is 0 Å².